The molecule has 1 fully saturated rings. The first-order valence-corrected chi connectivity index (χ1v) is 9.98. The molecule has 0 spiro atoms. The number of carbonyl (C=O) groups is 3. The zero-order valence-corrected chi connectivity index (χ0v) is 15.4. The molecule has 24 heavy (non-hydrogen) atoms. The van der Waals surface area contributed by atoms with Gasteiger partial charge in [-0.05, 0) is 37.9 Å². The van der Waals surface area contributed by atoms with Crippen LogP contribution >= 0.6 is 11.8 Å². The lowest BCUT2D eigenvalue weighted by Gasteiger charge is -2.14. The van der Waals surface area contributed by atoms with Crippen molar-refractivity contribution in [2.24, 2.45) is 0 Å². The maximum atomic E-state index is 12.1. The van der Waals surface area contributed by atoms with Crippen LogP contribution in [0.25, 0.3) is 0 Å². The van der Waals surface area contributed by atoms with Gasteiger partial charge in [-0.15, -0.1) is 11.8 Å². The number of aliphatic hydroxyl groups excluding tert-OH is 1. The zero-order valence-electron chi connectivity index (χ0n) is 14.6. The number of unbranched alkanes of at least 4 members (excludes halogenated alkanes) is 4. The second-order valence-electron chi connectivity index (χ2n) is 5.98. The quantitative estimate of drug-likeness (QED) is 0.387. The van der Waals surface area contributed by atoms with Crippen LogP contribution in [0.3, 0.4) is 0 Å². The van der Waals surface area contributed by atoms with Crippen LogP contribution in [0, 0.1) is 0 Å². The lowest BCUT2D eigenvalue weighted by molar-refractivity contribution is -0.138. The van der Waals surface area contributed by atoms with E-state index < -0.39 is 0 Å². The van der Waals surface area contributed by atoms with E-state index in [1.54, 1.807) is 0 Å². The van der Waals surface area contributed by atoms with Gasteiger partial charge < -0.3 is 10.4 Å². The fraction of sp³-hybridized carbons (Fsp3) is 0.824. The van der Waals surface area contributed by atoms with Crippen molar-refractivity contribution in [3.8, 4) is 0 Å². The molecule has 138 valence electrons. The highest BCUT2D eigenvalue weighted by molar-refractivity contribution is 8.00. The van der Waals surface area contributed by atoms with Gasteiger partial charge in [0.05, 0.1) is 5.25 Å². The smallest absolute Gasteiger partial charge is 0.242 e. The zero-order chi connectivity index (χ0) is 17.8. The van der Waals surface area contributed by atoms with Gasteiger partial charge in [0.15, 0.2) is 0 Å². The number of hydrogen-bond acceptors (Lipinski definition) is 5. The summed E-state index contributed by atoms with van der Waals surface area (Å²) in [4.78, 5) is 36.9. The van der Waals surface area contributed by atoms with Crippen LogP contribution in [0.4, 0.5) is 0 Å². The summed E-state index contributed by atoms with van der Waals surface area (Å²) >= 11 is 1.54. The lowest BCUT2D eigenvalue weighted by atomic mass is 10.1. The highest BCUT2D eigenvalue weighted by Crippen LogP contribution is 2.25. The molecule has 1 heterocycles. The molecule has 0 aromatic carbocycles. The van der Waals surface area contributed by atoms with E-state index in [-0.39, 0.29) is 29.6 Å². The van der Waals surface area contributed by atoms with Crippen molar-refractivity contribution in [3.05, 3.63) is 0 Å². The Morgan fingerprint density at radius 1 is 1.21 bits per heavy atom. The number of rotatable bonds is 13. The number of nitrogens with zero attached hydrogens (tertiary/aromatic N) is 1. The van der Waals surface area contributed by atoms with Crippen molar-refractivity contribution in [3.63, 3.8) is 0 Å². The summed E-state index contributed by atoms with van der Waals surface area (Å²) in [6, 6.07) is 0. The fourth-order valence-corrected chi connectivity index (χ4v) is 3.61. The molecule has 2 N–H and O–H groups in total. The Bertz CT molecular complexity index is 417. The number of thioether (sulfide) groups is 1. The third-order valence-corrected chi connectivity index (χ3v) is 5.12. The number of hydrogen-bond donors (Lipinski definition) is 2. The molecule has 1 atom stereocenters. The van der Waals surface area contributed by atoms with Gasteiger partial charge in [0.1, 0.15) is 0 Å². The van der Waals surface area contributed by atoms with Crippen molar-refractivity contribution >= 4 is 29.5 Å². The van der Waals surface area contributed by atoms with E-state index in [4.69, 9.17) is 5.11 Å². The molecule has 1 unspecified atom stereocenters. The van der Waals surface area contributed by atoms with Crippen LogP contribution in [-0.2, 0) is 14.4 Å². The van der Waals surface area contributed by atoms with Crippen molar-refractivity contribution in [2.45, 2.75) is 63.5 Å². The average Bonchev–Trinajstić information content (AvgIpc) is 2.82. The van der Waals surface area contributed by atoms with Gasteiger partial charge >= 0.3 is 0 Å². The highest BCUT2D eigenvalue weighted by atomic mass is 32.2. The van der Waals surface area contributed by atoms with Gasteiger partial charge in [-0.1, -0.05) is 13.3 Å². The summed E-state index contributed by atoms with van der Waals surface area (Å²) in [5.74, 6) is 0.776. The molecular weight excluding hydrogens is 328 g/mol. The molecule has 7 heteroatoms. The Morgan fingerprint density at radius 2 is 1.96 bits per heavy atom. The van der Waals surface area contributed by atoms with Crippen LogP contribution < -0.4 is 5.32 Å². The normalized spacial score (nSPS) is 17.6. The lowest BCUT2D eigenvalue weighted by Crippen LogP contribution is -2.32. The van der Waals surface area contributed by atoms with Crippen molar-refractivity contribution in [1.29, 1.82) is 0 Å². The summed E-state index contributed by atoms with van der Waals surface area (Å²) in [5, 5.41) is 11.3. The van der Waals surface area contributed by atoms with Crippen LogP contribution in [0.1, 0.15) is 58.3 Å². The maximum Gasteiger partial charge on any atom is 0.242 e. The van der Waals surface area contributed by atoms with E-state index in [0.29, 0.717) is 25.9 Å². The van der Waals surface area contributed by atoms with Crippen LogP contribution in [0.2, 0.25) is 0 Å². The molecule has 1 aliphatic heterocycles. The van der Waals surface area contributed by atoms with Crippen LogP contribution in [-0.4, -0.2) is 58.4 Å². The molecule has 0 bridgehead atoms. The molecule has 0 aliphatic carbocycles. The number of imide groups is 1. The van der Waals surface area contributed by atoms with E-state index >= 15 is 0 Å². The second-order valence-corrected chi connectivity index (χ2v) is 7.46. The Labute approximate surface area is 148 Å². The van der Waals surface area contributed by atoms with Gasteiger partial charge in [0.25, 0.3) is 0 Å². The molecule has 3 amide bonds. The number of carbonyl (C=O) groups excluding carboxylic acids is 3. The molecular formula is C17H30N2O4S. The molecule has 1 rings (SSSR count). The third kappa shape index (κ3) is 7.66. The summed E-state index contributed by atoms with van der Waals surface area (Å²) in [6.45, 7) is 3.32. The SMILES string of the molecule is CCSC1CC(=O)N(CCCCCC(=O)NCCCCCO)C1=O. The van der Waals surface area contributed by atoms with E-state index in [2.05, 4.69) is 5.32 Å². The van der Waals surface area contributed by atoms with E-state index in [9.17, 15) is 14.4 Å². The molecule has 0 aromatic rings. The van der Waals surface area contributed by atoms with E-state index in [1.165, 1.54) is 16.7 Å². The van der Waals surface area contributed by atoms with Crippen LogP contribution in [0.5, 0.6) is 0 Å². The minimum atomic E-state index is -0.195. The monoisotopic (exact) mass is 358 g/mol. The fourth-order valence-electron chi connectivity index (χ4n) is 2.68. The van der Waals surface area contributed by atoms with Gasteiger partial charge in [-0.2, -0.15) is 0 Å². The summed E-state index contributed by atoms with van der Waals surface area (Å²) in [5.41, 5.74) is 0. The first-order chi connectivity index (χ1) is 11.6. The molecule has 0 aromatic heterocycles. The second kappa shape index (κ2) is 12.3. The first kappa shape index (κ1) is 21.0. The summed E-state index contributed by atoms with van der Waals surface area (Å²) in [7, 11) is 0. The Balaban J connectivity index is 2.06. The van der Waals surface area contributed by atoms with Crippen molar-refractivity contribution < 1.29 is 19.5 Å². The Morgan fingerprint density at radius 3 is 2.67 bits per heavy atom. The van der Waals surface area contributed by atoms with Crippen molar-refractivity contribution in [1.82, 2.24) is 10.2 Å². The molecule has 0 radical (unpaired) electrons. The highest BCUT2D eigenvalue weighted by Gasteiger charge is 2.37. The average molecular weight is 359 g/mol. The molecule has 1 saturated heterocycles. The predicted octanol–water partition coefficient (Wildman–Crippen LogP) is 1.71. The number of aliphatic hydroxyl groups is 1. The number of nitrogens with one attached hydrogen (secondary N) is 1. The van der Waals surface area contributed by atoms with Crippen molar-refractivity contribution in [2.75, 3.05) is 25.4 Å². The molecule has 1 aliphatic rings. The molecule has 0 saturated carbocycles. The van der Waals surface area contributed by atoms with Gasteiger partial charge in [0.2, 0.25) is 17.7 Å². The Hall–Kier alpha value is -1.08. The summed E-state index contributed by atoms with van der Waals surface area (Å²) in [6.07, 6.45) is 5.76. The Kier molecular flexibility index (Phi) is 10.7. The minimum absolute atomic E-state index is 0.0479. The van der Waals surface area contributed by atoms with E-state index in [1.807, 2.05) is 6.92 Å². The standard InChI is InChI=1S/C17H30N2O4S/c1-2-24-14-13-16(22)19(17(14)23)11-7-3-5-9-15(21)18-10-6-4-8-12-20/h14,20H,2-13H2,1H3,(H,18,21). The first-order valence-electron chi connectivity index (χ1n) is 8.93. The van der Waals surface area contributed by atoms with Crippen LogP contribution in [0.15, 0.2) is 0 Å². The van der Waals surface area contributed by atoms with E-state index in [0.717, 1.165) is 44.3 Å². The summed E-state index contributed by atoms with van der Waals surface area (Å²) < 4.78 is 0. The minimum Gasteiger partial charge on any atom is -0.396 e. The van der Waals surface area contributed by atoms with Gasteiger partial charge in [-0.3, -0.25) is 19.3 Å². The number of likely N-dealkylation sites (tertiary alicyclic amines) is 1. The van der Waals surface area contributed by atoms with Gasteiger partial charge in [0, 0.05) is 32.5 Å². The van der Waals surface area contributed by atoms with Gasteiger partial charge in [-0.25, -0.2) is 0 Å². The predicted molar refractivity (Wildman–Crippen MR) is 95.7 cm³/mol. The maximum absolute atomic E-state index is 12.1. The number of amides is 3. The topological polar surface area (TPSA) is 86.7 Å². The molecule has 6 nitrogen and oxygen atoms in total. The third-order valence-electron chi connectivity index (χ3n) is 4.01. The largest absolute Gasteiger partial charge is 0.396 e.